The fourth-order valence-electron chi connectivity index (χ4n) is 1.42. The van der Waals surface area contributed by atoms with Gasteiger partial charge in [0, 0.05) is 6.42 Å². The molecule has 0 spiro atoms. The van der Waals surface area contributed by atoms with Gasteiger partial charge in [-0.3, -0.25) is 0 Å². The Morgan fingerprint density at radius 1 is 1.06 bits per heavy atom. The molecule has 0 atom stereocenters. The summed E-state index contributed by atoms with van der Waals surface area (Å²) in [5.74, 6) is 0. The Labute approximate surface area is 92.3 Å². The average molecular weight is 230 g/mol. The van der Waals surface area contributed by atoms with Crippen LogP contribution in [0.15, 0.2) is 24.3 Å². The maximum atomic E-state index is 12.2. The van der Waals surface area contributed by atoms with Crippen LogP contribution in [0.4, 0.5) is 13.2 Å². The highest BCUT2D eigenvalue weighted by Crippen LogP contribution is 2.29. The highest BCUT2D eigenvalue weighted by molar-refractivity contribution is 5.48. The van der Waals surface area contributed by atoms with Gasteiger partial charge in [-0.1, -0.05) is 12.1 Å². The van der Waals surface area contributed by atoms with Crippen LogP contribution >= 0.6 is 0 Å². The number of carbonyl (C=O) groups is 1. The second-order valence-electron chi connectivity index (χ2n) is 3.61. The first-order valence-corrected chi connectivity index (χ1v) is 5.14. The lowest BCUT2D eigenvalue weighted by atomic mass is 10.1. The predicted octanol–water partition coefficient (Wildman–Crippen LogP) is 3.62. The van der Waals surface area contributed by atoms with Gasteiger partial charge in [-0.25, -0.2) is 0 Å². The fraction of sp³-hybridized carbons (Fsp3) is 0.417. The van der Waals surface area contributed by atoms with Gasteiger partial charge in [0.1, 0.15) is 6.29 Å². The van der Waals surface area contributed by atoms with Crippen molar-refractivity contribution in [2.24, 2.45) is 0 Å². The van der Waals surface area contributed by atoms with E-state index in [4.69, 9.17) is 0 Å². The van der Waals surface area contributed by atoms with Crippen LogP contribution in [0.25, 0.3) is 0 Å². The SMILES string of the molecule is O=CCCCCc1ccc(C(F)(F)F)cc1. The number of unbranched alkanes of at least 4 members (excludes halogenated alkanes) is 2. The van der Waals surface area contributed by atoms with Crippen molar-refractivity contribution in [1.82, 2.24) is 0 Å². The first-order valence-electron chi connectivity index (χ1n) is 5.14. The van der Waals surface area contributed by atoms with Crippen LogP contribution in [0.3, 0.4) is 0 Å². The van der Waals surface area contributed by atoms with Crippen LogP contribution in [0, 0.1) is 0 Å². The first kappa shape index (κ1) is 12.7. The molecule has 0 aliphatic rings. The molecule has 0 amide bonds. The van der Waals surface area contributed by atoms with E-state index in [1.165, 1.54) is 12.1 Å². The van der Waals surface area contributed by atoms with Crippen molar-refractivity contribution < 1.29 is 18.0 Å². The van der Waals surface area contributed by atoms with Crippen molar-refractivity contribution in [3.05, 3.63) is 35.4 Å². The Balaban J connectivity index is 2.48. The van der Waals surface area contributed by atoms with Crippen LogP contribution in [-0.2, 0) is 17.4 Å². The zero-order valence-corrected chi connectivity index (χ0v) is 8.76. The van der Waals surface area contributed by atoms with E-state index in [1.54, 1.807) is 0 Å². The largest absolute Gasteiger partial charge is 0.416 e. The Morgan fingerprint density at radius 3 is 2.19 bits per heavy atom. The third kappa shape index (κ3) is 4.04. The lowest BCUT2D eigenvalue weighted by molar-refractivity contribution is -0.137. The Kier molecular flexibility index (Phi) is 4.52. The third-order valence-electron chi connectivity index (χ3n) is 2.32. The number of alkyl halides is 3. The molecule has 1 aromatic rings. The summed E-state index contributed by atoms with van der Waals surface area (Å²) < 4.78 is 36.7. The highest BCUT2D eigenvalue weighted by Gasteiger charge is 2.29. The monoisotopic (exact) mass is 230 g/mol. The average Bonchev–Trinajstić information content (AvgIpc) is 2.24. The number of hydrogen-bond donors (Lipinski definition) is 0. The van der Waals surface area contributed by atoms with Crippen molar-refractivity contribution >= 4 is 6.29 Å². The minimum Gasteiger partial charge on any atom is -0.303 e. The molecule has 0 aliphatic heterocycles. The van der Waals surface area contributed by atoms with Gasteiger partial charge in [0.25, 0.3) is 0 Å². The summed E-state index contributed by atoms with van der Waals surface area (Å²) in [7, 11) is 0. The number of halogens is 3. The van der Waals surface area contributed by atoms with Crippen LogP contribution in [0.5, 0.6) is 0 Å². The van der Waals surface area contributed by atoms with E-state index in [0.717, 1.165) is 36.8 Å². The van der Waals surface area contributed by atoms with Crippen LogP contribution in [0.2, 0.25) is 0 Å². The molecular weight excluding hydrogens is 217 g/mol. The van der Waals surface area contributed by atoms with E-state index in [1.807, 2.05) is 0 Å². The molecule has 1 aromatic carbocycles. The minimum absolute atomic E-state index is 0.515. The molecule has 88 valence electrons. The van der Waals surface area contributed by atoms with Gasteiger partial charge in [-0.15, -0.1) is 0 Å². The number of rotatable bonds is 5. The number of hydrogen-bond acceptors (Lipinski definition) is 1. The Hall–Kier alpha value is -1.32. The molecule has 0 heterocycles. The minimum atomic E-state index is -4.27. The molecule has 0 unspecified atom stereocenters. The van der Waals surface area contributed by atoms with E-state index < -0.39 is 11.7 Å². The summed E-state index contributed by atoms with van der Waals surface area (Å²) in [5.41, 5.74) is 0.253. The van der Waals surface area contributed by atoms with E-state index in [9.17, 15) is 18.0 Å². The van der Waals surface area contributed by atoms with Gasteiger partial charge in [0.05, 0.1) is 5.56 Å². The topological polar surface area (TPSA) is 17.1 Å². The maximum Gasteiger partial charge on any atom is 0.416 e. The summed E-state index contributed by atoms with van der Waals surface area (Å²) in [4.78, 5) is 10.0. The fourth-order valence-corrected chi connectivity index (χ4v) is 1.42. The number of benzene rings is 1. The molecule has 0 aromatic heterocycles. The third-order valence-corrected chi connectivity index (χ3v) is 2.32. The molecule has 0 aliphatic carbocycles. The van der Waals surface area contributed by atoms with E-state index >= 15 is 0 Å². The lowest BCUT2D eigenvalue weighted by Crippen LogP contribution is -2.04. The van der Waals surface area contributed by atoms with Gasteiger partial charge in [0.2, 0.25) is 0 Å². The maximum absolute atomic E-state index is 12.2. The zero-order chi connectivity index (χ0) is 12.0. The molecular formula is C12H13F3O. The van der Waals surface area contributed by atoms with Crippen molar-refractivity contribution in [3.8, 4) is 0 Å². The molecule has 1 rings (SSSR count). The summed E-state index contributed by atoms with van der Waals surface area (Å²) in [6.45, 7) is 0. The highest BCUT2D eigenvalue weighted by atomic mass is 19.4. The molecule has 4 heteroatoms. The molecule has 0 radical (unpaired) electrons. The smallest absolute Gasteiger partial charge is 0.303 e. The van der Waals surface area contributed by atoms with Crippen molar-refractivity contribution in [3.63, 3.8) is 0 Å². The van der Waals surface area contributed by atoms with Gasteiger partial charge in [-0.2, -0.15) is 13.2 Å². The number of carbonyl (C=O) groups excluding carboxylic acids is 1. The van der Waals surface area contributed by atoms with Crippen molar-refractivity contribution in [2.75, 3.05) is 0 Å². The standard InChI is InChI=1S/C12H13F3O/c13-12(14,15)11-7-5-10(6-8-11)4-2-1-3-9-16/h5-9H,1-4H2. The van der Waals surface area contributed by atoms with Crippen molar-refractivity contribution in [1.29, 1.82) is 0 Å². The normalized spacial score (nSPS) is 11.4. The molecule has 0 bridgehead atoms. The number of aryl methyl sites for hydroxylation is 1. The number of aldehydes is 1. The Bertz CT molecular complexity index is 327. The molecule has 0 saturated heterocycles. The van der Waals surface area contributed by atoms with E-state index in [2.05, 4.69) is 0 Å². The summed E-state index contributed by atoms with van der Waals surface area (Å²) >= 11 is 0. The first-order chi connectivity index (χ1) is 7.54. The quantitative estimate of drug-likeness (QED) is 0.557. The van der Waals surface area contributed by atoms with Crippen LogP contribution in [0.1, 0.15) is 30.4 Å². The molecule has 0 N–H and O–H groups in total. The van der Waals surface area contributed by atoms with E-state index in [0.29, 0.717) is 12.8 Å². The molecule has 1 nitrogen and oxygen atoms in total. The molecule has 0 fully saturated rings. The second kappa shape index (κ2) is 5.68. The summed E-state index contributed by atoms with van der Waals surface area (Å²) in [6.07, 6.45) is -0.579. The lowest BCUT2D eigenvalue weighted by Gasteiger charge is -2.07. The zero-order valence-electron chi connectivity index (χ0n) is 8.76. The van der Waals surface area contributed by atoms with Gasteiger partial charge in [-0.05, 0) is 37.0 Å². The summed E-state index contributed by atoms with van der Waals surface area (Å²) in [5, 5.41) is 0. The molecule has 16 heavy (non-hydrogen) atoms. The Morgan fingerprint density at radius 2 is 1.69 bits per heavy atom. The van der Waals surface area contributed by atoms with E-state index in [-0.39, 0.29) is 0 Å². The second-order valence-corrected chi connectivity index (χ2v) is 3.61. The molecule has 0 saturated carbocycles. The van der Waals surface area contributed by atoms with Crippen LogP contribution < -0.4 is 0 Å². The van der Waals surface area contributed by atoms with Crippen molar-refractivity contribution in [2.45, 2.75) is 31.9 Å². The van der Waals surface area contributed by atoms with Gasteiger partial charge >= 0.3 is 6.18 Å². The van der Waals surface area contributed by atoms with Gasteiger partial charge < -0.3 is 4.79 Å². The predicted molar refractivity (Wildman–Crippen MR) is 55.1 cm³/mol. The van der Waals surface area contributed by atoms with Crippen LogP contribution in [-0.4, -0.2) is 6.29 Å². The summed E-state index contributed by atoms with van der Waals surface area (Å²) in [6, 6.07) is 5.16. The van der Waals surface area contributed by atoms with Gasteiger partial charge in [0.15, 0.2) is 0 Å².